The van der Waals surface area contributed by atoms with E-state index < -0.39 is 10.0 Å². The molecule has 30 heavy (non-hydrogen) atoms. The number of fused-ring (bicyclic) bond motifs is 1. The van der Waals surface area contributed by atoms with Gasteiger partial charge in [0.05, 0.1) is 29.0 Å². The van der Waals surface area contributed by atoms with Crippen molar-refractivity contribution in [3.63, 3.8) is 0 Å². The number of carbonyl (C=O) groups excluding carboxylic acids is 1. The van der Waals surface area contributed by atoms with Gasteiger partial charge in [-0.15, -0.1) is 0 Å². The molecule has 0 fully saturated rings. The van der Waals surface area contributed by atoms with Crippen LogP contribution in [0.2, 0.25) is 0 Å². The molecule has 154 valence electrons. The van der Waals surface area contributed by atoms with Crippen LogP contribution in [0.3, 0.4) is 0 Å². The molecule has 3 heterocycles. The highest BCUT2D eigenvalue weighted by Crippen LogP contribution is 2.10. The Bertz CT molecular complexity index is 1230. The Hall–Kier alpha value is -3.50. The summed E-state index contributed by atoms with van der Waals surface area (Å²) in [6.45, 7) is 0.465. The van der Waals surface area contributed by atoms with Crippen LogP contribution in [0.4, 0.5) is 5.69 Å². The van der Waals surface area contributed by atoms with E-state index in [0.29, 0.717) is 12.2 Å². The van der Waals surface area contributed by atoms with E-state index in [-0.39, 0.29) is 23.8 Å². The van der Waals surface area contributed by atoms with Crippen LogP contribution < -0.4 is 10.0 Å². The summed E-state index contributed by atoms with van der Waals surface area (Å²) in [5.74, 6) is -0.307. The van der Waals surface area contributed by atoms with E-state index in [1.54, 1.807) is 35.3 Å². The SMILES string of the molecule is O=C(CCNS(=O)(=O)c1ccccc1)Nc1cnn(Cc2cn3ccccc3n2)c1. The number of hydrogen-bond donors (Lipinski definition) is 2. The molecule has 0 atom stereocenters. The van der Waals surface area contributed by atoms with Gasteiger partial charge >= 0.3 is 0 Å². The number of sulfonamides is 1. The molecule has 0 aliphatic carbocycles. The number of amides is 1. The first kappa shape index (κ1) is 19.8. The summed E-state index contributed by atoms with van der Waals surface area (Å²) in [5, 5.41) is 6.95. The van der Waals surface area contributed by atoms with Crippen molar-refractivity contribution in [2.45, 2.75) is 17.9 Å². The smallest absolute Gasteiger partial charge is 0.240 e. The third kappa shape index (κ3) is 4.73. The van der Waals surface area contributed by atoms with Crippen molar-refractivity contribution in [3.8, 4) is 0 Å². The molecule has 4 rings (SSSR count). The van der Waals surface area contributed by atoms with Crippen LogP contribution in [0.25, 0.3) is 5.65 Å². The molecule has 2 N–H and O–H groups in total. The average Bonchev–Trinajstić information content (AvgIpc) is 3.34. The van der Waals surface area contributed by atoms with E-state index in [0.717, 1.165) is 11.3 Å². The molecule has 0 radical (unpaired) electrons. The van der Waals surface area contributed by atoms with Crippen molar-refractivity contribution in [1.29, 1.82) is 0 Å². The molecule has 0 unspecified atom stereocenters. The molecule has 1 amide bonds. The maximum absolute atomic E-state index is 12.1. The number of carbonyl (C=O) groups is 1. The van der Waals surface area contributed by atoms with Gasteiger partial charge in [0.25, 0.3) is 0 Å². The molecule has 0 saturated carbocycles. The number of benzene rings is 1. The quantitative estimate of drug-likeness (QED) is 0.449. The number of anilines is 1. The predicted octanol–water partition coefficient (Wildman–Crippen LogP) is 1.89. The van der Waals surface area contributed by atoms with Crippen molar-refractivity contribution >= 4 is 27.3 Å². The second-order valence-corrected chi connectivity index (χ2v) is 8.40. The average molecular weight is 424 g/mol. The van der Waals surface area contributed by atoms with Gasteiger partial charge in [-0.1, -0.05) is 24.3 Å². The van der Waals surface area contributed by atoms with E-state index in [9.17, 15) is 13.2 Å². The lowest BCUT2D eigenvalue weighted by Crippen LogP contribution is -2.27. The van der Waals surface area contributed by atoms with Crippen molar-refractivity contribution in [2.24, 2.45) is 0 Å². The lowest BCUT2D eigenvalue weighted by molar-refractivity contribution is -0.116. The fourth-order valence-corrected chi connectivity index (χ4v) is 4.00. The molecule has 10 heteroatoms. The normalized spacial score (nSPS) is 11.6. The van der Waals surface area contributed by atoms with Crippen LogP contribution in [-0.4, -0.2) is 40.0 Å². The molecule has 1 aromatic carbocycles. The van der Waals surface area contributed by atoms with Crippen LogP contribution >= 0.6 is 0 Å². The van der Waals surface area contributed by atoms with Crippen molar-refractivity contribution < 1.29 is 13.2 Å². The Morgan fingerprint density at radius 2 is 1.83 bits per heavy atom. The van der Waals surface area contributed by atoms with Crippen LogP contribution in [0.1, 0.15) is 12.1 Å². The maximum atomic E-state index is 12.1. The summed E-state index contributed by atoms with van der Waals surface area (Å²) in [7, 11) is -3.63. The molecule has 0 bridgehead atoms. The van der Waals surface area contributed by atoms with Gasteiger partial charge in [0.15, 0.2) is 0 Å². The number of rotatable bonds is 8. The maximum Gasteiger partial charge on any atom is 0.240 e. The second kappa shape index (κ2) is 8.47. The Labute approximate surface area is 173 Å². The zero-order chi connectivity index (χ0) is 21.0. The standard InChI is InChI=1S/C20H20N6O3S/c27-20(9-10-22-30(28,29)18-6-2-1-3-7-18)24-16-12-21-26(14-16)15-17-13-25-11-5-4-8-19(25)23-17/h1-8,11-14,22H,9-10,15H2,(H,24,27). The monoisotopic (exact) mass is 424 g/mol. The Kier molecular flexibility index (Phi) is 5.59. The minimum absolute atomic E-state index is 0.00154. The lowest BCUT2D eigenvalue weighted by atomic mass is 10.4. The van der Waals surface area contributed by atoms with Crippen molar-refractivity contribution in [3.05, 3.63) is 79.0 Å². The first-order valence-corrected chi connectivity index (χ1v) is 10.8. The van der Waals surface area contributed by atoms with E-state index >= 15 is 0 Å². The number of nitrogens with one attached hydrogen (secondary N) is 2. The van der Waals surface area contributed by atoms with Gasteiger partial charge in [0.1, 0.15) is 5.65 Å². The second-order valence-electron chi connectivity index (χ2n) is 6.63. The number of nitrogens with zero attached hydrogens (tertiary/aromatic N) is 4. The van der Waals surface area contributed by atoms with Gasteiger partial charge in [-0.05, 0) is 24.3 Å². The molecule has 3 aromatic heterocycles. The molecule has 0 aliphatic rings. The van der Waals surface area contributed by atoms with Crippen molar-refractivity contribution in [1.82, 2.24) is 23.9 Å². The number of aromatic nitrogens is 4. The molecular formula is C20H20N6O3S. The summed E-state index contributed by atoms with van der Waals surface area (Å²) in [4.78, 5) is 16.8. The van der Waals surface area contributed by atoms with Crippen LogP contribution in [0.15, 0.2) is 78.2 Å². The number of pyridine rings is 1. The fraction of sp³-hybridized carbons (Fsp3) is 0.150. The molecule has 0 aliphatic heterocycles. The van der Waals surface area contributed by atoms with Gasteiger partial charge in [0, 0.05) is 31.6 Å². The molecule has 0 saturated heterocycles. The molecule has 9 nitrogen and oxygen atoms in total. The Balaban J connectivity index is 1.28. The van der Waals surface area contributed by atoms with E-state index in [2.05, 4.69) is 20.1 Å². The third-order valence-corrected chi connectivity index (χ3v) is 5.83. The van der Waals surface area contributed by atoms with Crippen LogP contribution in [-0.2, 0) is 21.4 Å². The summed E-state index contributed by atoms with van der Waals surface area (Å²) in [6, 6.07) is 13.8. The summed E-state index contributed by atoms with van der Waals surface area (Å²) in [6.07, 6.45) is 7.10. The van der Waals surface area contributed by atoms with Crippen LogP contribution in [0, 0.1) is 0 Å². The van der Waals surface area contributed by atoms with Gasteiger partial charge in [0.2, 0.25) is 15.9 Å². The lowest BCUT2D eigenvalue weighted by Gasteiger charge is -2.06. The van der Waals surface area contributed by atoms with E-state index in [1.807, 2.05) is 35.0 Å². The van der Waals surface area contributed by atoms with Gasteiger partial charge in [-0.2, -0.15) is 5.10 Å². The van der Waals surface area contributed by atoms with Gasteiger partial charge < -0.3 is 9.72 Å². The van der Waals surface area contributed by atoms with E-state index in [1.165, 1.54) is 12.1 Å². The summed E-state index contributed by atoms with van der Waals surface area (Å²) < 4.78 is 30.3. The Morgan fingerprint density at radius 1 is 1.03 bits per heavy atom. The minimum atomic E-state index is -3.63. The zero-order valence-electron chi connectivity index (χ0n) is 16.0. The number of imidazole rings is 1. The van der Waals surface area contributed by atoms with Crippen LogP contribution in [0.5, 0.6) is 0 Å². The first-order chi connectivity index (χ1) is 14.5. The summed E-state index contributed by atoms with van der Waals surface area (Å²) in [5.41, 5.74) is 2.23. The zero-order valence-corrected chi connectivity index (χ0v) is 16.8. The van der Waals surface area contributed by atoms with Gasteiger partial charge in [-0.25, -0.2) is 18.1 Å². The first-order valence-electron chi connectivity index (χ1n) is 9.29. The highest BCUT2D eigenvalue weighted by atomic mass is 32.2. The predicted molar refractivity (Wildman–Crippen MR) is 111 cm³/mol. The summed E-state index contributed by atoms with van der Waals surface area (Å²) >= 11 is 0. The van der Waals surface area contributed by atoms with Crippen molar-refractivity contribution in [2.75, 3.05) is 11.9 Å². The molecular weight excluding hydrogens is 404 g/mol. The Morgan fingerprint density at radius 3 is 2.63 bits per heavy atom. The topological polar surface area (TPSA) is 110 Å². The third-order valence-electron chi connectivity index (χ3n) is 4.35. The highest BCUT2D eigenvalue weighted by Gasteiger charge is 2.14. The van der Waals surface area contributed by atoms with Gasteiger partial charge in [-0.3, -0.25) is 9.48 Å². The fourth-order valence-electron chi connectivity index (χ4n) is 2.95. The molecule has 0 spiro atoms. The minimum Gasteiger partial charge on any atom is -0.323 e. The highest BCUT2D eigenvalue weighted by molar-refractivity contribution is 7.89. The largest absolute Gasteiger partial charge is 0.323 e. The van der Waals surface area contributed by atoms with E-state index in [4.69, 9.17) is 0 Å². The molecule has 4 aromatic rings. The number of hydrogen-bond acceptors (Lipinski definition) is 5.